The van der Waals surface area contributed by atoms with E-state index >= 15 is 0 Å². The van der Waals surface area contributed by atoms with Gasteiger partial charge in [-0.3, -0.25) is 0 Å². The van der Waals surface area contributed by atoms with E-state index in [0.29, 0.717) is 19.0 Å². The van der Waals surface area contributed by atoms with Gasteiger partial charge >= 0.3 is 89.8 Å². The summed E-state index contributed by atoms with van der Waals surface area (Å²) in [5.74, 6) is 0.550. The van der Waals surface area contributed by atoms with Crippen molar-refractivity contribution < 1.29 is 18.5 Å². The molecular formula is C10H17O4P. The van der Waals surface area contributed by atoms with Crippen LogP contribution >= 0.6 is 8.17 Å². The van der Waals surface area contributed by atoms with Gasteiger partial charge in [-0.25, -0.2) is 0 Å². The maximum absolute atomic E-state index is 9.94. The summed E-state index contributed by atoms with van der Waals surface area (Å²) in [4.78, 5) is 9.94. The third kappa shape index (κ3) is 4.14. The number of benzene rings is 1. The van der Waals surface area contributed by atoms with Crippen molar-refractivity contribution >= 4 is 8.17 Å². The van der Waals surface area contributed by atoms with E-state index < -0.39 is 8.17 Å². The molecule has 0 radical (unpaired) electrons. The number of para-hydroxylation sites is 1. The van der Waals surface area contributed by atoms with Gasteiger partial charge in [0.1, 0.15) is 0 Å². The fourth-order valence-corrected chi connectivity index (χ4v) is 2.47. The molecule has 1 N–H and O–H groups in total. The van der Waals surface area contributed by atoms with E-state index in [1.54, 1.807) is 26.0 Å². The zero-order valence-corrected chi connectivity index (χ0v) is 9.97. The van der Waals surface area contributed by atoms with Crippen molar-refractivity contribution in [2.24, 2.45) is 0 Å². The molecule has 0 spiro atoms. The van der Waals surface area contributed by atoms with Gasteiger partial charge in [0, 0.05) is 0 Å². The molecule has 5 heteroatoms. The molecule has 0 amide bonds. The Morgan fingerprint density at radius 1 is 1.07 bits per heavy atom. The predicted octanol–water partition coefficient (Wildman–Crippen LogP) is 2.54. The van der Waals surface area contributed by atoms with Gasteiger partial charge in [0.05, 0.1) is 0 Å². The van der Waals surface area contributed by atoms with Gasteiger partial charge in [0.15, 0.2) is 0 Å². The Balaban J connectivity index is 2.66. The average Bonchev–Trinajstić information content (AvgIpc) is 2.19. The molecule has 0 heterocycles. The molecule has 4 nitrogen and oxygen atoms in total. The van der Waals surface area contributed by atoms with Gasteiger partial charge in [-0.2, -0.15) is 0 Å². The molecule has 0 bridgehead atoms. The fourth-order valence-electron chi connectivity index (χ4n) is 1.10. The van der Waals surface area contributed by atoms with Crippen LogP contribution in [0.4, 0.5) is 0 Å². The molecule has 0 aliphatic rings. The van der Waals surface area contributed by atoms with Crippen molar-refractivity contribution in [1.82, 2.24) is 0 Å². The summed E-state index contributed by atoms with van der Waals surface area (Å²) >= 11 is 0. The van der Waals surface area contributed by atoms with Crippen LogP contribution in [0.2, 0.25) is 0 Å². The van der Waals surface area contributed by atoms with E-state index in [1.165, 1.54) is 0 Å². The van der Waals surface area contributed by atoms with E-state index in [2.05, 4.69) is 0 Å². The van der Waals surface area contributed by atoms with Gasteiger partial charge in [-0.1, -0.05) is 0 Å². The van der Waals surface area contributed by atoms with Gasteiger partial charge < -0.3 is 0 Å². The second-order valence-corrected chi connectivity index (χ2v) is 4.63. The van der Waals surface area contributed by atoms with Crippen LogP contribution in [0.15, 0.2) is 30.3 Å². The Hall–Kier alpha value is -0.670. The van der Waals surface area contributed by atoms with Gasteiger partial charge in [-0.15, -0.1) is 0 Å². The van der Waals surface area contributed by atoms with Crippen LogP contribution in [0.1, 0.15) is 13.8 Å². The Labute approximate surface area is 90.5 Å². The summed E-state index contributed by atoms with van der Waals surface area (Å²) in [6, 6.07) is 9.00. The standard InChI is InChI=1S/C10H17O4P/c1-3-12-15(11,13-4-2)14-10-8-6-5-7-9-10/h5-9,11,15H,3-4H2,1-2H3. The van der Waals surface area contributed by atoms with Crippen LogP contribution in [-0.4, -0.2) is 18.1 Å². The quantitative estimate of drug-likeness (QED) is 0.765. The third-order valence-corrected chi connectivity index (χ3v) is 3.44. The predicted molar refractivity (Wildman–Crippen MR) is 60.9 cm³/mol. The molecular weight excluding hydrogens is 215 g/mol. The molecule has 0 fully saturated rings. The molecule has 0 aliphatic heterocycles. The molecule has 1 aromatic carbocycles. The minimum absolute atomic E-state index is 0.357. The van der Waals surface area contributed by atoms with E-state index in [0.717, 1.165) is 0 Å². The van der Waals surface area contributed by atoms with Crippen molar-refractivity contribution in [3.8, 4) is 5.75 Å². The van der Waals surface area contributed by atoms with Crippen LogP contribution in [0.5, 0.6) is 5.75 Å². The molecule has 0 aromatic heterocycles. The molecule has 0 atom stereocenters. The Kier molecular flexibility index (Phi) is 4.99. The van der Waals surface area contributed by atoms with E-state index in [4.69, 9.17) is 13.6 Å². The van der Waals surface area contributed by atoms with Crippen molar-refractivity contribution in [3.05, 3.63) is 30.3 Å². The Bertz CT molecular complexity index is 272. The summed E-state index contributed by atoms with van der Waals surface area (Å²) in [6.45, 7) is 4.28. The SMILES string of the molecule is CCO[PH](O)(OCC)Oc1ccccc1. The second-order valence-electron chi connectivity index (χ2n) is 2.81. The van der Waals surface area contributed by atoms with Gasteiger partial charge in [-0.05, 0) is 0 Å². The van der Waals surface area contributed by atoms with Crippen LogP contribution in [0.25, 0.3) is 0 Å². The minimum atomic E-state index is -3.49. The zero-order chi connectivity index (χ0) is 11.1. The first-order valence-electron chi connectivity index (χ1n) is 4.94. The monoisotopic (exact) mass is 232 g/mol. The summed E-state index contributed by atoms with van der Waals surface area (Å²) < 4.78 is 15.6. The summed E-state index contributed by atoms with van der Waals surface area (Å²) in [7, 11) is -3.49. The first-order valence-corrected chi connectivity index (χ1v) is 6.61. The molecule has 15 heavy (non-hydrogen) atoms. The van der Waals surface area contributed by atoms with Crippen LogP contribution in [-0.2, 0) is 9.05 Å². The zero-order valence-electron chi connectivity index (χ0n) is 8.97. The number of hydrogen-bond acceptors (Lipinski definition) is 4. The van der Waals surface area contributed by atoms with E-state index in [1.807, 2.05) is 18.2 Å². The fraction of sp³-hybridized carbons (Fsp3) is 0.400. The average molecular weight is 232 g/mol. The van der Waals surface area contributed by atoms with Crippen molar-refractivity contribution in [2.75, 3.05) is 13.2 Å². The number of rotatable bonds is 6. The van der Waals surface area contributed by atoms with Gasteiger partial charge in [0.25, 0.3) is 0 Å². The molecule has 86 valence electrons. The van der Waals surface area contributed by atoms with E-state index in [-0.39, 0.29) is 0 Å². The first-order chi connectivity index (χ1) is 7.20. The summed E-state index contributed by atoms with van der Waals surface area (Å²) in [5.41, 5.74) is 0. The molecule has 1 aromatic rings. The van der Waals surface area contributed by atoms with Crippen molar-refractivity contribution in [1.29, 1.82) is 0 Å². The normalized spacial score (nSPS) is 12.5. The van der Waals surface area contributed by atoms with E-state index in [9.17, 15) is 4.89 Å². The summed E-state index contributed by atoms with van der Waals surface area (Å²) in [5, 5.41) is 0. The number of hydrogen-bond donors (Lipinski definition) is 1. The van der Waals surface area contributed by atoms with Crippen molar-refractivity contribution in [2.45, 2.75) is 13.8 Å². The van der Waals surface area contributed by atoms with Gasteiger partial charge in [0.2, 0.25) is 0 Å². The van der Waals surface area contributed by atoms with Crippen molar-refractivity contribution in [3.63, 3.8) is 0 Å². The summed E-state index contributed by atoms with van der Waals surface area (Å²) in [6.07, 6.45) is 0. The first kappa shape index (κ1) is 12.4. The Morgan fingerprint density at radius 2 is 1.60 bits per heavy atom. The topological polar surface area (TPSA) is 47.9 Å². The van der Waals surface area contributed by atoms with Crippen LogP contribution in [0, 0.1) is 0 Å². The molecule has 1 rings (SSSR count). The Morgan fingerprint density at radius 3 is 2.07 bits per heavy atom. The maximum atomic E-state index is 9.94. The van der Waals surface area contributed by atoms with Crippen LogP contribution in [0.3, 0.4) is 0 Å². The molecule has 0 saturated carbocycles. The molecule has 0 unspecified atom stereocenters. The third-order valence-electron chi connectivity index (χ3n) is 1.64. The molecule has 0 aliphatic carbocycles. The molecule has 0 saturated heterocycles. The van der Waals surface area contributed by atoms with Crippen LogP contribution < -0.4 is 4.52 Å². The second kappa shape index (κ2) is 6.03.